The maximum atomic E-state index is 11.1. The molecule has 0 saturated heterocycles. The summed E-state index contributed by atoms with van der Waals surface area (Å²) in [5, 5.41) is 27.1. The van der Waals surface area contributed by atoms with Gasteiger partial charge in [-0.2, -0.15) is 0 Å². The molecule has 8 atom stereocenters. The first-order valence-electron chi connectivity index (χ1n) is 31.0. The van der Waals surface area contributed by atoms with Crippen LogP contribution >= 0.6 is 47.8 Å². The minimum absolute atomic E-state index is 0. The number of alkyl halides is 3. The molecule has 1 radical (unpaired) electrons. The number of carbonyl (C=O) groups excluding carboxylic acids is 2. The molecule has 3 N–H and O–H groups in total. The van der Waals surface area contributed by atoms with Gasteiger partial charge in [-0.15, -0.1) is 0 Å². The fraction of sp³-hybridized carbons (Fsp3) is 0.912. The van der Waals surface area contributed by atoms with E-state index in [1.807, 2.05) is 0 Å². The SMILES string of the molecule is C=C1CCC(C)(C)C1.CC1(C)CCC(CO)C1.CC1(C)CCC(CO)C1.CC1(C)CCC2(C1)CC2(Br)Br.CC1(C)CCC2(C=C2)C1.CC1(C)CCC2(CC2Br)C1.COC(=O)C1CCC(C)(C)C1.COC(=O)C1CCC(C)(O)C1.[Tb]. The first-order valence-corrected chi connectivity index (χ1v) is 33.5. The Labute approximate surface area is 541 Å². The second-order valence-corrected chi connectivity index (χ2v) is 38.3. The minimum atomic E-state index is -0.654. The van der Waals surface area contributed by atoms with Gasteiger partial charge in [0.25, 0.3) is 0 Å². The summed E-state index contributed by atoms with van der Waals surface area (Å²) in [6.07, 6.45) is 36.7. The van der Waals surface area contributed by atoms with Crippen LogP contribution in [0.25, 0.3) is 0 Å². The fourth-order valence-corrected chi connectivity index (χ4v) is 18.0. The van der Waals surface area contributed by atoms with E-state index < -0.39 is 5.60 Å². The van der Waals surface area contributed by atoms with E-state index in [9.17, 15) is 14.7 Å². The van der Waals surface area contributed by atoms with Gasteiger partial charge in [0.1, 0.15) is 0 Å². The summed E-state index contributed by atoms with van der Waals surface area (Å²) in [4.78, 5) is 22.9. The minimum Gasteiger partial charge on any atom is -0.469 e. The van der Waals surface area contributed by atoms with E-state index in [-0.39, 0.29) is 62.4 Å². The van der Waals surface area contributed by atoms with Gasteiger partial charge >= 0.3 is 11.9 Å². The van der Waals surface area contributed by atoms with Crippen LogP contribution in [0.1, 0.15) is 271 Å². The number of aliphatic hydroxyl groups excluding tert-OH is 2. The van der Waals surface area contributed by atoms with Crippen LogP contribution in [0.3, 0.4) is 0 Å². The van der Waals surface area contributed by atoms with Crippen molar-refractivity contribution < 1.29 is 73.0 Å². The average molecular weight is 1450 g/mol. The maximum absolute atomic E-state index is 11.1. The molecule has 11 rings (SSSR count). The number of esters is 2. The molecule has 8 unspecified atom stereocenters. The second kappa shape index (κ2) is 28.9. The van der Waals surface area contributed by atoms with Crippen LogP contribution in [0.2, 0.25) is 0 Å². The summed E-state index contributed by atoms with van der Waals surface area (Å²) in [6, 6.07) is 0. The van der Waals surface area contributed by atoms with Crippen molar-refractivity contribution in [1.82, 2.24) is 0 Å². The normalized spacial score (nSPS) is 35.7. The van der Waals surface area contributed by atoms with E-state index in [0.717, 1.165) is 35.9 Å². The van der Waals surface area contributed by atoms with Crippen LogP contribution in [0.15, 0.2) is 24.3 Å². The van der Waals surface area contributed by atoms with Gasteiger partial charge < -0.3 is 24.8 Å². The Morgan fingerprint density at radius 1 is 0.532 bits per heavy atom. The zero-order chi connectivity index (χ0) is 59.2. The topological polar surface area (TPSA) is 113 Å². The Morgan fingerprint density at radius 3 is 1.15 bits per heavy atom. The molecule has 0 amide bonds. The monoisotopic (exact) mass is 1440 g/mol. The number of halogens is 3. The standard InChI is InChI=1S/C9H14Br2.C9H15Br.C9H16O2.C9H14.C8H14O3.2C8H16O.C8H14.Tb/c1-7(2)3-4-8(5-7)6-9(8,10)11;1-8(2)3-4-9(6-8)5-7(9)10;1-9(2)5-4-7(6-9)8(10)11-3;1-8(2)3-4-9(7-8)5-6-9;1-8(10)4-3-6(5-8)7(9)11-2;2*1-8(2)4-3-7(5-8)6-9;1-7-4-5-8(2,3)6-7;/h3-6H2,1-2H3;7H,3-6H2,1-2H3;7H,4-6H2,1-3H3;5-6H,3-4,7H2,1-2H3;6,10H,3-5H2,1-2H3;2*7,9H,3-6H2,1-2H3;1,4-6H2,2-3H3;. The molecule has 0 aromatic carbocycles. The van der Waals surface area contributed by atoms with Crippen LogP contribution in [0.5, 0.6) is 0 Å². The molecule has 7 nitrogen and oxygen atoms in total. The van der Waals surface area contributed by atoms with Crippen molar-refractivity contribution >= 4 is 59.7 Å². The van der Waals surface area contributed by atoms with Gasteiger partial charge in [0.15, 0.2) is 0 Å². The molecular weight excluding hydrogens is 1330 g/mol. The fourth-order valence-electron chi connectivity index (χ4n) is 15.2. The summed E-state index contributed by atoms with van der Waals surface area (Å²) >= 11 is 11.2. The molecule has 0 aromatic rings. The molecule has 3 spiro atoms. The first kappa shape index (κ1) is 74.3. The van der Waals surface area contributed by atoms with Crippen LogP contribution in [-0.4, -0.2) is 68.4 Å². The molecular formula is C68H119Br3O7Tb. The van der Waals surface area contributed by atoms with Crippen molar-refractivity contribution in [3.63, 3.8) is 0 Å². The molecule has 0 heterocycles. The Morgan fingerprint density at radius 2 is 0.949 bits per heavy atom. The van der Waals surface area contributed by atoms with Gasteiger partial charge in [0.05, 0.1) is 34.9 Å². The van der Waals surface area contributed by atoms with Crippen molar-refractivity contribution in [3.05, 3.63) is 24.3 Å². The van der Waals surface area contributed by atoms with E-state index >= 15 is 0 Å². The van der Waals surface area contributed by atoms with Crippen molar-refractivity contribution in [2.45, 2.75) is 284 Å². The van der Waals surface area contributed by atoms with Gasteiger partial charge in [0, 0.05) is 62.1 Å². The van der Waals surface area contributed by atoms with Gasteiger partial charge in [-0.1, -0.05) is 169 Å². The summed E-state index contributed by atoms with van der Waals surface area (Å²) in [5.74, 6) is 1.04. The summed E-state index contributed by atoms with van der Waals surface area (Å²) < 4.78 is 9.57. The summed E-state index contributed by atoms with van der Waals surface area (Å²) in [5.41, 5.74) is 6.56. The first-order chi connectivity index (χ1) is 35.5. The summed E-state index contributed by atoms with van der Waals surface area (Å²) in [7, 11) is 2.85. The number of rotatable bonds is 4. The molecule has 10 fully saturated rings. The Balaban J connectivity index is 0.000000237. The van der Waals surface area contributed by atoms with E-state index in [1.165, 1.54) is 148 Å². The molecule has 79 heavy (non-hydrogen) atoms. The Bertz CT molecular complexity index is 1920. The smallest absolute Gasteiger partial charge is 0.308 e. The van der Waals surface area contributed by atoms with Crippen molar-refractivity contribution in [2.75, 3.05) is 27.4 Å². The molecule has 0 aliphatic heterocycles. The van der Waals surface area contributed by atoms with Crippen molar-refractivity contribution in [3.8, 4) is 0 Å². The third kappa shape index (κ3) is 24.6. The molecule has 463 valence electrons. The molecule has 10 saturated carbocycles. The number of hydrogen-bond donors (Lipinski definition) is 3. The van der Waals surface area contributed by atoms with Crippen LogP contribution in [0.4, 0.5) is 0 Å². The van der Waals surface area contributed by atoms with E-state index in [1.54, 1.807) is 6.92 Å². The molecule has 11 aliphatic rings. The van der Waals surface area contributed by atoms with E-state index in [2.05, 4.69) is 173 Å². The predicted molar refractivity (Wildman–Crippen MR) is 338 cm³/mol. The number of allylic oxidation sites excluding steroid dienone is 3. The average Bonchev–Trinajstić information content (AvgIpc) is 3.73. The number of carbonyl (C=O) groups is 2. The quantitative estimate of drug-likeness (QED) is 0.146. The van der Waals surface area contributed by atoms with Gasteiger partial charge in [-0.3, -0.25) is 9.59 Å². The van der Waals surface area contributed by atoms with Gasteiger partial charge in [-0.05, 0) is 234 Å². The molecule has 0 aromatic heterocycles. The van der Waals surface area contributed by atoms with E-state index in [4.69, 9.17) is 10.2 Å². The van der Waals surface area contributed by atoms with Gasteiger partial charge in [-0.25, -0.2) is 0 Å². The zero-order valence-corrected chi connectivity index (χ0v) is 60.4. The van der Waals surface area contributed by atoms with E-state index in [0.29, 0.717) is 89.9 Å². The number of ether oxygens (including phenoxy) is 2. The maximum Gasteiger partial charge on any atom is 0.308 e. The molecule has 0 bridgehead atoms. The molecule has 11 aliphatic carbocycles. The number of methoxy groups -OCH3 is 2. The second-order valence-electron chi connectivity index (χ2n) is 33.4. The van der Waals surface area contributed by atoms with Crippen molar-refractivity contribution in [1.29, 1.82) is 0 Å². The van der Waals surface area contributed by atoms with Crippen molar-refractivity contribution in [2.24, 2.45) is 77.8 Å². The van der Waals surface area contributed by atoms with Crippen LogP contribution in [0, 0.1) is 116 Å². The summed E-state index contributed by atoms with van der Waals surface area (Å²) in [6.45, 7) is 39.0. The molecule has 11 heteroatoms. The largest absolute Gasteiger partial charge is 0.469 e. The Kier molecular flexibility index (Phi) is 27.2. The number of hydrogen-bond acceptors (Lipinski definition) is 7. The third-order valence-electron chi connectivity index (χ3n) is 20.5. The zero-order valence-electron chi connectivity index (χ0n) is 53.5. The van der Waals surface area contributed by atoms with Gasteiger partial charge in [0.2, 0.25) is 0 Å². The predicted octanol–water partition coefficient (Wildman–Crippen LogP) is 19.2. The third-order valence-corrected chi connectivity index (χ3v) is 24.1. The number of aliphatic hydroxyl groups is 3. The van der Waals surface area contributed by atoms with Crippen LogP contribution in [-0.2, 0) is 19.1 Å². The Hall–Kier alpha value is 1.03. The van der Waals surface area contributed by atoms with Crippen LogP contribution < -0.4 is 0 Å².